The SMILES string of the molecule is Cc1nn(C)c(C)c1S(=O)(=O)N(CCBr)C1CC1. The number of nitrogens with zero attached hydrogens (tertiary/aromatic N) is 3. The third kappa shape index (κ3) is 2.35. The Morgan fingerprint density at radius 1 is 1.44 bits per heavy atom. The van der Waals surface area contributed by atoms with Crippen molar-refractivity contribution in [1.82, 2.24) is 14.1 Å². The van der Waals surface area contributed by atoms with E-state index in [0.29, 0.717) is 28.2 Å². The summed E-state index contributed by atoms with van der Waals surface area (Å²) in [4.78, 5) is 0.373. The van der Waals surface area contributed by atoms with Crippen LogP contribution >= 0.6 is 15.9 Å². The molecule has 7 heteroatoms. The van der Waals surface area contributed by atoms with Gasteiger partial charge in [-0.2, -0.15) is 9.40 Å². The first kappa shape index (κ1) is 14.0. The highest BCUT2D eigenvalue weighted by atomic mass is 79.9. The fraction of sp³-hybridized carbons (Fsp3) is 0.727. The molecule has 1 aliphatic rings. The summed E-state index contributed by atoms with van der Waals surface area (Å²) in [5.41, 5.74) is 1.28. The Hall–Kier alpha value is -0.400. The molecule has 1 aromatic rings. The molecule has 5 nitrogen and oxygen atoms in total. The highest BCUT2D eigenvalue weighted by Gasteiger charge is 2.39. The molecule has 1 aliphatic carbocycles. The largest absolute Gasteiger partial charge is 0.271 e. The number of alkyl halides is 1. The van der Waals surface area contributed by atoms with Gasteiger partial charge in [-0.15, -0.1) is 0 Å². The fourth-order valence-electron chi connectivity index (χ4n) is 2.19. The predicted octanol–water partition coefficient (Wildman–Crippen LogP) is 1.58. The van der Waals surface area contributed by atoms with Crippen LogP contribution in [0.2, 0.25) is 0 Å². The number of rotatable bonds is 5. The monoisotopic (exact) mass is 335 g/mol. The van der Waals surface area contributed by atoms with Gasteiger partial charge in [-0.05, 0) is 26.7 Å². The molecule has 102 valence electrons. The van der Waals surface area contributed by atoms with Crippen LogP contribution in [-0.2, 0) is 17.1 Å². The third-order valence-electron chi connectivity index (χ3n) is 3.27. The van der Waals surface area contributed by atoms with Gasteiger partial charge in [0.25, 0.3) is 0 Å². The van der Waals surface area contributed by atoms with Gasteiger partial charge in [0.1, 0.15) is 4.90 Å². The average molecular weight is 336 g/mol. The van der Waals surface area contributed by atoms with Crippen LogP contribution in [0.5, 0.6) is 0 Å². The summed E-state index contributed by atoms with van der Waals surface area (Å²) in [6.45, 7) is 4.06. The van der Waals surface area contributed by atoms with Gasteiger partial charge in [0.05, 0.1) is 11.4 Å². The Labute approximate surface area is 116 Å². The van der Waals surface area contributed by atoms with Gasteiger partial charge in [0.2, 0.25) is 10.0 Å². The van der Waals surface area contributed by atoms with E-state index in [4.69, 9.17) is 0 Å². The molecule has 0 radical (unpaired) electrons. The molecule has 2 rings (SSSR count). The van der Waals surface area contributed by atoms with E-state index < -0.39 is 10.0 Å². The molecule has 0 aliphatic heterocycles. The van der Waals surface area contributed by atoms with Crippen molar-refractivity contribution in [2.45, 2.75) is 37.6 Å². The first-order valence-electron chi connectivity index (χ1n) is 5.97. The molecular weight excluding hydrogens is 318 g/mol. The number of aromatic nitrogens is 2. The van der Waals surface area contributed by atoms with Crippen LogP contribution in [0.1, 0.15) is 24.2 Å². The predicted molar refractivity (Wildman–Crippen MR) is 73.4 cm³/mol. The molecule has 0 aromatic carbocycles. The van der Waals surface area contributed by atoms with Gasteiger partial charge in [0, 0.05) is 25.0 Å². The first-order valence-corrected chi connectivity index (χ1v) is 8.53. The lowest BCUT2D eigenvalue weighted by molar-refractivity contribution is 0.423. The molecule has 0 bridgehead atoms. The van der Waals surface area contributed by atoms with Crippen molar-refractivity contribution < 1.29 is 8.42 Å². The first-order chi connectivity index (χ1) is 8.39. The van der Waals surface area contributed by atoms with Gasteiger partial charge in [-0.25, -0.2) is 8.42 Å². The molecule has 1 aromatic heterocycles. The van der Waals surface area contributed by atoms with Crippen molar-refractivity contribution in [2.24, 2.45) is 7.05 Å². The maximum atomic E-state index is 12.7. The minimum atomic E-state index is -3.42. The second-order valence-electron chi connectivity index (χ2n) is 4.66. The number of halogens is 1. The zero-order valence-corrected chi connectivity index (χ0v) is 13.3. The normalized spacial score (nSPS) is 16.5. The number of hydrogen-bond donors (Lipinski definition) is 0. The molecule has 0 N–H and O–H groups in total. The van der Waals surface area contributed by atoms with Gasteiger partial charge in [-0.3, -0.25) is 4.68 Å². The quantitative estimate of drug-likeness (QED) is 0.768. The van der Waals surface area contributed by atoms with Crippen LogP contribution in [0.4, 0.5) is 0 Å². The molecule has 0 amide bonds. The lowest BCUT2D eigenvalue weighted by atomic mass is 10.4. The molecule has 1 saturated carbocycles. The maximum Gasteiger partial charge on any atom is 0.247 e. The summed E-state index contributed by atoms with van der Waals surface area (Å²) in [5, 5.41) is 4.85. The second kappa shape index (κ2) is 4.94. The van der Waals surface area contributed by atoms with Crippen molar-refractivity contribution in [2.75, 3.05) is 11.9 Å². The second-order valence-corrected chi connectivity index (χ2v) is 7.28. The zero-order valence-electron chi connectivity index (χ0n) is 10.9. The van der Waals surface area contributed by atoms with E-state index in [2.05, 4.69) is 21.0 Å². The van der Waals surface area contributed by atoms with Crippen molar-refractivity contribution in [3.05, 3.63) is 11.4 Å². The molecular formula is C11H18BrN3O2S. The van der Waals surface area contributed by atoms with E-state index in [1.54, 1.807) is 29.9 Å². The molecule has 1 heterocycles. The van der Waals surface area contributed by atoms with Crippen molar-refractivity contribution >= 4 is 26.0 Å². The molecule has 1 fully saturated rings. The van der Waals surface area contributed by atoms with E-state index >= 15 is 0 Å². The van der Waals surface area contributed by atoms with Crippen molar-refractivity contribution in [3.8, 4) is 0 Å². The van der Waals surface area contributed by atoms with Crippen LogP contribution in [0.15, 0.2) is 4.90 Å². The van der Waals surface area contributed by atoms with Gasteiger partial charge >= 0.3 is 0 Å². The maximum absolute atomic E-state index is 12.7. The summed E-state index contributed by atoms with van der Waals surface area (Å²) in [6, 6.07) is 0.173. The summed E-state index contributed by atoms with van der Waals surface area (Å²) >= 11 is 3.33. The minimum Gasteiger partial charge on any atom is -0.271 e. The minimum absolute atomic E-state index is 0.173. The molecule has 0 saturated heterocycles. The molecule has 18 heavy (non-hydrogen) atoms. The number of hydrogen-bond acceptors (Lipinski definition) is 3. The molecule has 0 atom stereocenters. The van der Waals surface area contributed by atoms with E-state index in [9.17, 15) is 8.42 Å². The Morgan fingerprint density at radius 2 is 2.06 bits per heavy atom. The van der Waals surface area contributed by atoms with Crippen LogP contribution < -0.4 is 0 Å². The van der Waals surface area contributed by atoms with E-state index in [0.717, 1.165) is 12.8 Å². The van der Waals surface area contributed by atoms with Gasteiger partial charge in [-0.1, -0.05) is 15.9 Å². The Morgan fingerprint density at radius 3 is 2.44 bits per heavy atom. The Bertz CT molecular complexity index is 549. The van der Waals surface area contributed by atoms with E-state index in [1.807, 2.05) is 0 Å². The summed E-state index contributed by atoms with van der Waals surface area (Å²) in [6.07, 6.45) is 1.93. The van der Waals surface area contributed by atoms with Crippen molar-refractivity contribution in [1.29, 1.82) is 0 Å². The summed E-state index contributed by atoms with van der Waals surface area (Å²) < 4.78 is 28.7. The smallest absolute Gasteiger partial charge is 0.247 e. The van der Waals surface area contributed by atoms with Gasteiger partial charge in [0.15, 0.2) is 0 Å². The molecule has 0 unspecified atom stereocenters. The highest BCUT2D eigenvalue weighted by molar-refractivity contribution is 9.09. The van der Waals surface area contributed by atoms with E-state index in [1.165, 1.54) is 0 Å². The average Bonchev–Trinajstić information content (AvgIpc) is 3.04. The van der Waals surface area contributed by atoms with Crippen LogP contribution in [0, 0.1) is 13.8 Å². The van der Waals surface area contributed by atoms with Crippen LogP contribution in [-0.4, -0.2) is 40.4 Å². The van der Waals surface area contributed by atoms with Crippen LogP contribution in [0.25, 0.3) is 0 Å². The summed E-state index contributed by atoms with van der Waals surface area (Å²) in [5.74, 6) is 0. The fourth-order valence-corrected chi connectivity index (χ4v) is 4.90. The summed E-state index contributed by atoms with van der Waals surface area (Å²) in [7, 11) is -1.65. The molecule has 0 spiro atoms. The third-order valence-corrected chi connectivity index (χ3v) is 5.83. The topological polar surface area (TPSA) is 55.2 Å². The van der Waals surface area contributed by atoms with E-state index in [-0.39, 0.29) is 6.04 Å². The Kier molecular flexibility index (Phi) is 3.85. The Balaban J connectivity index is 2.46. The standard InChI is InChI=1S/C11H18BrN3O2S/c1-8-11(9(2)14(3)13-8)18(16,17)15(7-6-12)10-4-5-10/h10H,4-7H2,1-3H3. The highest BCUT2D eigenvalue weighted by Crippen LogP contribution is 2.33. The number of aryl methyl sites for hydroxylation is 2. The lowest BCUT2D eigenvalue weighted by Gasteiger charge is -2.21. The number of sulfonamides is 1. The van der Waals surface area contributed by atoms with Crippen molar-refractivity contribution in [3.63, 3.8) is 0 Å². The van der Waals surface area contributed by atoms with Crippen LogP contribution in [0.3, 0.4) is 0 Å². The van der Waals surface area contributed by atoms with Gasteiger partial charge < -0.3 is 0 Å². The lowest BCUT2D eigenvalue weighted by Crippen LogP contribution is -2.35. The zero-order chi connectivity index (χ0) is 13.5.